The molecule has 2 aromatic heterocycles. The van der Waals surface area contributed by atoms with Crippen molar-refractivity contribution in [2.45, 2.75) is 6.92 Å². The standard InChI is InChI=1S/C30H25N5O/c1-3-17(4-2)27-26(22-11-7-8-12-24(22)33-27)30-34-28-21-10-6-5-9-19(21)20-14-13-18(32-25(36)16-31)15-23(20)29(28)35-30/h3-15,33H,1,16,31H2,2H3,(H,32,36)(H,34,35)/b17-4+. The largest absolute Gasteiger partial charge is 0.354 e. The molecule has 0 saturated heterocycles. The lowest BCUT2D eigenvalue weighted by atomic mass is 9.99. The van der Waals surface area contributed by atoms with Crippen LogP contribution in [0, 0.1) is 0 Å². The van der Waals surface area contributed by atoms with Crippen molar-refractivity contribution in [2.75, 3.05) is 11.9 Å². The Kier molecular flexibility index (Phi) is 5.16. The summed E-state index contributed by atoms with van der Waals surface area (Å²) in [6, 6.07) is 22.4. The lowest BCUT2D eigenvalue weighted by Gasteiger charge is -2.09. The van der Waals surface area contributed by atoms with Crippen LogP contribution in [0.3, 0.4) is 0 Å². The number of para-hydroxylation sites is 1. The smallest absolute Gasteiger partial charge is 0.238 e. The molecule has 6 heteroatoms. The molecule has 0 spiro atoms. The Bertz CT molecular complexity index is 1850. The predicted octanol–water partition coefficient (Wildman–Crippen LogP) is 6.50. The molecule has 5 N–H and O–H groups in total. The van der Waals surface area contributed by atoms with Gasteiger partial charge in [0.25, 0.3) is 0 Å². The van der Waals surface area contributed by atoms with E-state index in [1.54, 1.807) is 0 Å². The fraction of sp³-hybridized carbons (Fsp3) is 0.0667. The van der Waals surface area contributed by atoms with E-state index in [1.165, 1.54) is 0 Å². The maximum absolute atomic E-state index is 12.0. The Hall–Kier alpha value is -4.68. The molecule has 1 amide bonds. The minimum absolute atomic E-state index is 0.0701. The second-order valence-electron chi connectivity index (χ2n) is 8.74. The van der Waals surface area contributed by atoms with Crippen LogP contribution in [0.15, 0.2) is 85.5 Å². The van der Waals surface area contributed by atoms with E-state index in [0.29, 0.717) is 5.69 Å². The fourth-order valence-corrected chi connectivity index (χ4v) is 5.05. The predicted molar refractivity (Wildman–Crippen MR) is 150 cm³/mol. The number of H-pyrrole nitrogens is 2. The second-order valence-corrected chi connectivity index (χ2v) is 8.74. The lowest BCUT2D eigenvalue weighted by Crippen LogP contribution is -2.21. The molecule has 0 aliphatic carbocycles. The highest BCUT2D eigenvalue weighted by Gasteiger charge is 2.20. The Morgan fingerprint density at radius 3 is 2.44 bits per heavy atom. The van der Waals surface area contributed by atoms with Gasteiger partial charge in [0, 0.05) is 27.4 Å². The molecule has 0 bridgehead atoms. The van der Waals surface area contributed by atoms with Crippen LogP contribution in [0.5, 0.6) is 0 Å². The van der Waals surface area contributed by atoms with Gasteiger partial charge in [-0.05, 0) is 41.5 Å². The summed E-state index contributed by atoms with van der Waals surface area (Å²) < 4.78 is 0. The fourth-order valence-electron chi connectivity index (χ4n) is 5.05. The van der Waals surface area contributed by atoms with E-state index in [1.807, 2.05) is 61.5 Å². The number of imidazole rings is 1. The number of carbonyl (C=O) groups is 1. The van der Waals surface area contributed by atoms with Gasteiger partial charge in [-0.25, -0.2) is 4.98 Å². The van der Waals surface area contributed by atoms with Crippen molar-refractivity contribution in [3.8, 4) is 11.4 Å². The molecule has 0 fully saturated rings. The van der Waals surface area contributed by atoms with Gasteiger partial charge in [-0.3, -0.25) is 4.79 Å². The van der Waals surface area contributed by atoms with Gasteiger partial charge in [0.15, 0.2) is 0 Å². The topological polar surface area (TPSA) is 99.6 Å². The number of nitrogens with zero attached hydrogens (tertiary/aromatic N) is 1. The summed E-state index contributed by atoms with van der Waals surface area (Å²) in [5.41, 5.74) is 12.0. The third-order valence-corrected chi connectivity index (χ3v) is 6.70. The number of hydrogen-bond donors (Lipinski definition) is 4. The van der Waals surface area contributed by atoms with Gasteiger partial charge in [0.05, 0.1) is 28.8 Å². The van der Waals surface area contributed by atoms with Crippen LogP contribution in [-0.2, 0) is 4.79 Å². The minimum Gasteiger partial charge on any atom is -0.354 e. The number of nitrogens with one attached hydrogen (secondary N) is 3. The molecule has 36 heavy (non-hydrogen) atoms. The molecule has 0 aliphatic heterocycles. The van der Waals surface area contributed by atoms with Crippen molar-refractivity contribution in [1.29, 1.82) is 0 Å². The normalized spacial score (nSPS) is 12.1. The summed E-state index contributed by atoms with van der Waals surface area (Å²) in [5, 5.41) is 8.19. The van der Waals surface area contributed by atoms with Crippen molar-refractivity contribution in [2.24, 2.45) is 5.73 Å². The van der Waals surface area contributed by atoms with Crippen molar-refractivity contribution in [1.82, 2.24) is 15.0 Å². The molecule has 2 heterocycles. The van der Waals surface area contributed by atoms with Gasteiger partial charge in [0.2, 0.25) is 5.91 Å². The monoisotopic (exact) mass is 471 g/mol. The van der Waals surface area contributed by atoms with Crippen molar-refractivity contribution < 1.29 is 4.79 Å². The minimum atomic E-state index is -0.233. The number of aromatic amines is 2. The first-order valence-corrected chi connectivity index (χ1v) is 11.9. The summed E-state index contributed by atoms with van der Waals surface area (Å²) in [6.07, 6.45) is 3.90. The first-order chi connectivity index (χ1) is 17.6. The van der Waals surface area contributed by atoms with E-state index in [2.05, 4.69) is 46.1 Å². The van der Waals surface area contributed by atoms with Crippen molar-refractivity contribution in [3.63, 3.8) is 0 Å². The quantitative estimate of drug-likeness (QED) is 0.170. The molecule has 4 aromatic carbocycles. The Labute approximate surface area is 207 Å². The van der Waals surface area contributed by atoms with E-state index in [-0.39, 0.29) is 12.5 Å². The van der Waals surface area contributed by atoms with E-state index < -0.39 is 0 Å². The van der Waals surface area contributed by atoms with Crippen LogP contribution in [0.25, 0.3) is 60.4 Å². The number of aromatic nitrogens is 3. The molecule has 6 nitrogen and oxygen atoms in total. The maximum Gasteiger partial charge on any atom is 0.238 e. The number of nitrogens with two attached hydrogens (primary N) is 1. The average molecular weight is 472 g/mol. The van der Waals surface area contributed by atoms with Gasteiger partial charge in [-0.2, -0.15) is 0 Å². The summed E-state index contributed by atoms with van der Waals surface area (Å²) in [4.78, 5) is 24.3. The lowest BCUT2D eigenvalue weighted by molar-refractivity contribution is -0.114. The number of benzene rings is 4. The van der Waals surface area contributed by atoms with Crippen LogP contribution in [0.4, 0.5) is 5.69 Å². The number of rotatable bonds is 5. The van der Waals surface area contributed by atoms with Crippen molar-refractivity contribution >= 4 is 60.6 Å². The molecule has 0 aliphatic rings. The highest BCUT2D eigenvalue weighted by atomic mass is 16.1. The molecule has 0 unspecified atom stereocenters. The van der Waals surface area contributed by atoms with Gasteiger partial charge < -0.3 is 21.0 Å². The highest BCUT2D eigenvalue weighted by Crippen LogP contribution is 2.40. The summed E-state index contributed by atoms with van der Waals surface area (Å²) >= 11 is 0. The molecule has 0 saturated carbocycles. The zero-order valence-corrected chi connectivity index (χ0v) is 19.9. The molecule has 176 valence electrons. The Balaban J connectivity index is 1.71. The van der Waals surface area contributed by atoms with Gasteiger partial charge >= 0.3 is 0 Å². The second kappa shape index (κ2) is 8.52. The number of anilines is 1. The van der Waals surface area contributed by atoms with E-state index in [0.717, 1.165) is 66.1 Å². The number of hydrogen-bond acceptors (Lipinski definition) is 3. The highest BCUT2D eigenvalue weighted by molar-refractivity contribution is 6.24. The molecule has 0 atom stereocenters. The first kappa shape index (κ1) is 21.8. The summed E-state index contributed by atoms with van der Waals surface area (Å²) in [7, 11) is 0. The molecular formula is C30H25N5O. The average Bonchev–Trinajstić information content (AvgIpc) is 3.52. The number of carbonyl (C=O) groups excluding carboxylic acids is 1. The first-order valence-electron chi connectivity index (χ1n) is 11.9. The number of amides is 1. The van der Waals surface area contributed by atoms with Gasteiger partial charge in [-0.1, -0.05) is 67.3 Å². The van der Waals surface area contributed by atoms with Gasteiger partial charge in [0.1, 0.15) is 5.82 Å². The van der Waals surface area contributed by atoms with Crippen LogP contribution >= 0.6 is 0 Å². The van der Waals surface area contributed by atoms with Crippen LogP contribution in [0.2, 0.25) is 0 Å². The molecule has 6 aromatic rings. The Morgan fingerprint density at radius 2 is 1.69 bits per heavy atom. The summed E-state index contributed by atoms with van der Waals surface area (Å²) in [5.74, 6) is 0.538. The van der Waals surface area contributed by atoms with Crippen LogP contribution < -0.4 is 11.1 Å². The Morgan fingerprint density at radius 1 is 0.972 bits per heavy atom. The zero-order valence-electron chi connectivity index (χ0n) is 19.9. The third-order valence-electron chi connectivity index (χ3n) is 6.70. The van der Waals surface area contributed by atoms with Gasteiger partial charge in [-0.15, -0.1) is 0 Å². The number of fused-ring (bicyclic) bond motifs is 7. The zero-order chi connectivity index (χ0) is 24.8. The SMILES string of the molecule is C=C/C(=C\C)c1[nH]c2ccccc2c1-c1nc2c3ccccc3c3ccc(NC(=O)CN)cc3c2[nH]1. The van der Waals surface area contributed by atoms with Crippen molar-refractivity contribution in [3.05, 3.63) is 91.2 Å². The van der Waals surface area contributed by atoms with Crippen LogP contribution in [-0.4, -0.2) is 27.4 Å². The van der Waals surface area contributed by atoms with E-state index >= 15 is 0 Å². The molecule has 6 rings (SSSR count). The van der Waals surface area contributed by atoms with Crippen LogP contribution in [0.1, 0.15) is 12.6 Å². The summed E-state index contributed by atoms with van der Waals surface area (Å²) in [6.45, 7) is 5.95. The third kappa shape index (κ3) is 3.31. The molecular weight excluding hydrogens is 446 g/mol. The maximum atomic E-state index is 12.0. The number of allylic oxidation sites excluding steroid dienone is 3. The molecule has 0 radical (unpaired) electrons. The van der Waals surface area contributed by atoms with E-state index in [4.69, 9.17) is 10.7 Å². The van der Waals surface area contributed by atoms with E-state index in [9.17, 15) is 4.79 Å².